The Hall–Kier alpha value is -1.76. The van der Waals surface area contributed by atoms with Gasteiger partial charge in [-0.15, -0.1) is 0 Å². The maximum absolute atomic E-state index is 12.7. The summed E-state index contributed by atoms with van der Waals surface area (Å²) in [6.07, 6.45) is -3.57. The Labute approximate surface area is 133 Å². The predicted molar refractivity (Wildman–Crippen MR) is 80.1 cm³/mol. The lowest BCUT2D eigenvalue weighted by molar-refractivity contribution is -0.187. The molecule has 1 heterocycles. The van der Waals surface area contributed by atoms with Gasteiger partial charge < -0.3 is 10.1 Å². The van der Waals surface area contributed by atoms with E-state index in [9.17, 15) is 18.0 Å². The van der Waals surface area contributed by atoms with E-state index < -0.39 is 12.1 Å². The molecule has 0 bridgehead atoms. The van der Waals surface area contributed by atoms with E-state index in [0.717, 1.165) is 11.3 Å². The lowest BCUT2D eigenvalue weighted by Crippen LogP contribution is -2.45. The molecule has 0 spiro atoms. The van der Waals surface area contributed by atoms with Crippen LogP contribution < -0.4 is 10.1 Å². The van der Waals surface area contributed by atoms with Gasteiger partial charge in [0.15, 0.2) is 0 Å². The van der Waals surface area contributed by atoms with E-state index in [1.54, 1.807) is 24.1 Å². The number of hydrogen-bond donors (Lipinski definition) is 1. The first-order valence-corrected chi connectivity index (χ1v) is 7.57. The van der Waals surface area contributed by atoms with Crippen molar-refractivity contribution in [3.63, 3.8) is 0 Å². The molecule has 1 aromatic carbocycles. The molecule has 1 amide bonds. The minimum Gasteiger partial charge on any atom is -0.497 e. The molecule has 1 aromatic rings. The summed E-state index contributed by atoms with van der Waals surface area (Å²) in [4.78, 5) is 13.5. The molecule has 0 radical (unpaired) electrons. The van der Waals surface area contributed by atoms with Crippen LogP contribution in [0.2, 0.25) is 0 Å². The molecular formula is C16H21F3N2O2. The number of amides is 1. The molecule has 0 unspecified atom stereocenters. The SMILES string of the molecule is COc1ccc(CNC(=O)CN2CCC[C@@H](C(F)(F)F)C2)cc1. The van der Waals surface area contributed by atoms with Crippen LogP contribution in [0, 0.1) is 5.92 Å². The number of ether oxygens (including phenoxy) is 1. The molecule has 0 aromatic heterocycles. The third-order valence-electron chi connectivity index (χ3n) is 3.98. The summed E-state index contributed by atoms with van der Waals surface area (Å²) in [5, 5.41) is 2.73. The summed E-state index contributed by atoms with van der Waals surface area (Å²) in [6, 6.07) is 7.25. The van der Waals surface area contributed by atoms with E-state index in [0.29, 0.717) is 19.5 Å². The van der Waals surface area contributed by atoms with Crippen molar-refractivity contribution in [2.24, 2.45) is 5.92 Å². The first-order chi connectivity index (χ1) is 10.9. The zero-order valence-corrected chi connectivity index (χ0v) is 13.0. The summed E-state index contributed by atoms with van der Waals surface area (Å²) in [7, 11) is 1.57. The average molecular weight is 330 g/mol. The number of benzene rings is 1. The second-order valence-electron chi connectivity index (χ2n) is 5.74. The van der Waals surface area contributed by atoms with Crippen LogP contribution in [0.4, 0.5) is 13.2 Å². The van der Waals surface area contributed by atoms with Gasteiger partial charge in [0.05, 0.1) is 19.6 Å². The molecule has 2 rings (SSSR count). The van der Waals surface area contributed by atoms with E-state index in [1.807, 2.05) is 12.1 Å². The fourth-order valence-corrected chi connectivity index (χ4v) is 2.67. The molecule has 7 heteroatoms. The van der Waals surface area contributed by atoms with Crippen LogP contribution in [0.1, 0.15) is 18.4 Å². The highest BCUT2D eigenvalue weighted by atomic mass is 19.4. The van der Waals surface area contributed by atoms with Crippen LogP contribution in [0.15, 0.2) is 24.3 Å². The largest absolute Gasteiger partial charge is 0.497 e. The highest BCUT2D eigenvalue weighted by Crippen LogP contribution is 2.32. The minimum absolute atomic E-state index is 0.00271. The van der Waals surface area contributed by atoms with Crippen molar-refractivity contribution >= 4 is 5.91 Å². The number of hydrogen-bond acceptors (Lipinski definition) is 3. The Bertz CT molecular complexity index is 517. The summed E-state index contributed by atoms with van der Waals surface area (Å²) < 4.78 is 43.3. The van der Waals surface area contributed by atoms with Gasteiger partial charge in [-0.3, -0.25) is 9.69 Å². The maximum atomic E-state index is 12.7. The third-order valence-corrected chi connectivity index (χ3v) is 3.98. The highest BCUT2D eigenvalue weighted by Gasteiger charge is 2.41. The number of rotatable bonds is 5. The van der Waals surface area contributed by atoms with E-state index in [2.05, 4.69) is 5.32 Å². The number of nitrogens with zero attached hydrogens (tertiary/aromatic N) is 1. The number of nitrogens with one attached hydrogen (secondary N) is 1. The second-order valence-corrected chi connectivity index (χ2v) is 5.74. The van der Waals surface area contributed by atoms with Gasteiger partial charge in [-0.05, 0) is 37.1 Å². The number of alkyl halides is 3. The maximum Gasteiger partial charge on any atom is 0.393 e. The number of carbonyl (C=O) groups is 1. The molecule has 1 aliphatic heterocycles. The molecule has 1 aliphatic rings. The molecular weight excluding hydrogens is 309 g/mol. The molecule has 1 saturated heterocycles. The fraction of sp³-hybridized carbons (Fsp3) is 0.562. The summed E-state index contributed by atoms with van der Waals surface area (Å²) in [5.41, 5.74) is 0.908. The number of methoxy groups -OCH3 is 1. The first kappa shape index (κ1) is 17.6. The number of carbonyl (C=O) groups excluding carboxylic acids is 1. The monoisotopic (exact) mass is 330 g/mol. The van der Waals surface area contributed by atoms with Gasteiger partial charge in [-0.2, -0.15) is 13.2 Å². The average Bonchev–Trinajstić information content (AvgIpc) is 2.53. The Morgan fingerprint density at radius 1 is 1.35 bits per heavy atom. The van der Waals surface area contributed by atoms with Crippen LogP contribution in [-0.2, 0) is 11.3 Å². The van der Waals surface area contributed by atoms with E-state index in [-0.39, 0.29) is 25.4 Å². The van der Waals surface area contributed by atoms with Crippen LogP contribution in [0.3, 0.4) is 0 Å². The predicted octanol–water partition coefficient (Wildman–Crippen LogP) is 2.59. The van der Waals surface area contributed by atoms with Crippen molar-refractivity contribution in [3.8, 4) is 5.75 Å². The van der Waals surface area contributed by atoms with E-state index in [1.165, 1.54) is 0 Å². The fourth-order valence-electron chi connectivity index (χ4n) is 2.67. The van der Waals surface area contributed by atoms with Gasteiger partial charge in [-0.1, -0.05) is 12.1 Å². The van der Waals surface area contributed by atoms with Crippen LogP contribution in [0.5, 0.6) is 5.75 Å². The van der Waals surface area contributed by atoms with Gasteiger partial charge in [0.25, 0.3) is 0 Å². The lowest BCUT2D eigenvalue weighted by Gasteiger charge is -2.33. The highest BCUT2D eigenvalue weighted by molar-refractivity contribution is 5.78. The zero-order chi connectivity index (χ0) is 16.9. The molecule has 23 heavy (non-hydrogen) atoms. The van der Waals surface area contributed by atoms with Gasteiger partial charge in [0, 0.05) is 13.1 Å². The van der Waals surface area contributed by atoms with Crippen LogP contribution >= 0.6 is 0 Å². The van der Waals surface area contributed by atoms with Crippen LogP contribution in [0.25, 0.3) is 0 Å². The summed E-state index contributed by atoms with van der Waals surface area (Å²) >= 11 is 0. The van der Waals surface area contributed by atoms with Gasteiger partial charge in [-0.25, -0.2) is 0 Å². The quantitative estimate of drug-likeness (QED) is 0.902. The number of piperidine rings is 1. The molecule has 0 saturated carbocycles. The van der Waals surface area contributed by atoms with Crippen molar-refractivity contribution in [2.75, 3.05) is 26.7 Å². The molecule has 1 fully saturated rings. The standard InChI is InChI=1S/C16H21F3N2O2/c1-23-14-6-4-12(5-7-14)9-20-15(22)11-21-8-2-3-13(10-21)16(17,18)19/h4-7,13H,2-3,8-11H2,1H3,(H,20,22)/t13-/m1/s1. The Kier molecular flexibility index (Phi) is 5.87. The number of halogens is 3. The van der Waals surface area contributed by atoms with Gasteiger partial charge >= 0.3 is 6.18 Å². The molecule has 1 atom stereocenters. The zero-order valence-electron chi connectivity index (χ0n) is 13.0. The first-order valence-electron chi connectivity index (χ1n) is 7.57. The van der Waals surface area contributed by atoms with Crippen molar-refractivity contribution in [1.29, 1.82) is 0 Å². The normalized spacial score (nSPS) is 19.4. The van der Waals surface area contributed by atoms with E-state index in [4.69, 9.17) is 4.74 Å². The molecule has 0 aliphatic carbocycles. The molecule has 4 nitrogen and oxygen atoms in total. The van der Waals surface area contributed by atoms with Gasteiger partial charge in [0.2, 0.25) is 5.91 Å². The Balaban J connectivity index is 1.77. The van der Waals surface area contributed by atoms with Crippen molar-refractivity contribution in [3.05, 3.63) is 29.8 Å². The molecule has 1 N–H and O–H groups in total. The minimum atomic E-state index is -4.18. The van der Waals surface area contributed by atoms with Crippen molar-refractivity contribution < 1.29 is 22.7 Å². The van der Waals surface area contributed by atoms with Crippen LogP contribution in [-0.4, -0.2) is 43.7 Å². The molecule has 128 valence electrons. The summed E-state index contributed by atoms with van der Waals surface area (Å²) in [6.45, 7) is 0.782. The number of likely N-dealkylation sites (tertiary alicyclic amines) is 1. The Morgan fingerprint density at radius 2 is 2.04 bits per heavy atom. The van der Waals surface area contributed by atoms with E-state index >= 15 is 0 Å². The van der Waals surface area contributed by atoms with Gasteiger partial charge in [0.1, 0.15) is 5.75 Å². The second kappa shape index (κ2) is 7.68. The topological polar surface area (TPSA) is 41.6 Å². The third kappa shape index (κ3) is 5.42. The lowest BCUT2D eigenvalue weighted by atomic mass is 9.97. The van der Waals surface area contributed by atoms with Crippen molar-refractivity contribution in [2.45, 2.75) is 25.6 Å². The Morgan fingerprint density at radius 3 is 2.65 bits per heavy atom. The summed E-state index contributed by atoms with van der Waals surface area (Å²) in [5.74, 6) is -0.860. The van der Waals surface area contributed by atoms with Crippen molar-refractivity contribution in [1.82, 2.24) is 10.2 Å². The smallest absolute Gasteiger partial charge is 0.393 e.